The van der Waals surface area contributed by atoms with Gasteiger partial charge in [0.2, 0.25) is 0 Å². The van der Waals surface area contributed by atoms with Gasteiger partial charge in [-0.05, 0) is 18.0 Å². The lowest BCUT2D eigenvalue weighted by atomic mass is 10.0. The van der Waals surface area contributed by atoms with Gasteiger partial charge < -0.3 is 15.0 Å². The molecule has 22 heavy (non-hydrogen) atoms. The lowest BCUT2D eigenvalue weighted by Crippen LogP contribution is -2.48. The van der Waals surface area contributed by atoms with Crippen LogP contribution in [0.2, 0.25) is 0 Å². The first-order valence-electron chi connectivity index (χ1n) is 6.98. The third kappa shape index (κ3) is 2.47. The third-order valence-electron chi connectivity index (χ3n) is 3.68. The van der Waals surface area contributed by atoms with Crippen LogP contribution in [0.1, 0.15) is 40.1 Å². The van der Waals surface area contributed by atoms with E-state index in [-0.39, 0.29) is 18.9 Å². The van der Waals surface area contributed by atoms with E-state index in [1.807, 2.05) is 6.92 Å². The number of hydrogen-bond donors (Lipinski definition) is 2. The summed E-state index contributed by atoms with van der Waals surface area (Å²) in [5, 5.41) is 13.4. The maximum atomic E-state index is 12.8. The van der Waals surface area contributed by atoms with Gasteiger partial charge in [-0.25, -0.2) is 9.78 Å². The Kier molecular flexibility index (Phi) is 3.88. The van der Waals surface area contributed by atoms with Gasteiger partial charge in [-0.2, -0.15) is 0 Å². The van der Waals surface area contributed by atoms with Crippen molar-refractivity contribution in [2.75, 3.05) is 0 Å². The first-order chi connectivity index (χ1) is 10.6. The highest BCUT2D eigenvalue weighted by Gasteiger charge is 2.37. The Hall–Kier alpha value is -2.29. The van der Waals surface area contributed by atoms with Gasteiger partial charge in [0.05, 0.1) is 30.0 Å². The maximum absolute atomic E-state index is 12.8. The molecule has 9 heteroatoms. The molecule has 0 radical (unpaired) electrons. The molecule has 1 amide bonds. The topological polar surface area (TPSA) is 112 Å². The van der Waals surface area contributed by atoms with Crippen molar-refractivity contribution in [2.45, 2.75) is 38.8 Å². The normalized spacial score (nSPS) is 17.3. The van der Waals surface area contributed by atoms with Gasteiger partial charge in [-0.3, -0.25) is 4.79 Å². The second kappa shape index (κ2) is 5.84. The summed E-state index contributed by atoms with van der Waals surface area (Å²) in [4.78, 5) is 33.1. The zero-order valence-electron chi connectivity index (χ0n) is 11.9. The van der Waals surface area contributed by atoms with Crippen LogP contribution in [0.15, 0.2) is 6.33 Å². The largest absolute Gasteiger partial charge is 0.480 e. The minimum Gasteiger partial charge on any atom is -0.480 e. The van der Waals surface area contributed by atoms with Gasteiger partial charge in [-0.1, -0.05) is 17.8 Å². The number of amides is 1. The number of aromatic nitrogens is 4. The lowest BCUT2D eigenvalue weighted by molar-refractivity contribution is -0.142. The maximum Gasteiger partial charge on any atom is 0.326 e. The van der Waals surface area contributed by atoms with E-state index in [9.17, 15) is 14.7 Å². The summed E-state index contributed by atoms with van der Waals surface area (Å²) in [6.45, 7) is 2.19. The lowest BCUT2D eigenvalue weighted by Gasteiger charge is -2.32. The number of aliphatic carboxylic acids is 1. The monoisotopic (exact) mass is 321 g/mol. The third-order valence-corrected chi connectivity index (χ3v) is 4.44. The van der Waals surface area contributed by atoms with Crippen LogP contribution in [0.4, 0.5) is 0 Å². The quantitative estimate of drug-likeness (QED) is 0.864. The fourth-order valence-corrected chi connectivity index (χ4v) is 3.24. The number of nitrogens with zero attached hydrogens (tertiary/aromatic N) is 4. The van der Waals surface area contributed by atoms with Gasteiger partial charge in [-0.15, -0.1) is 5.10 Å². The molecule has 1 aliphatic rings. The molecule has 2 aromatic heterocycles. The van der Waals surface area contributed by atoms with Crippen LogP contribution in [0.3, 0.4) is 0 Å². The van der Waals surface area contributed by atoms with Crippen molar-refractivity contribution in [3.8, 4) is 0 Å². The van der Waals surface area contributed by atoms with Crippen LogP contribution in [-0.2, 0) is 24.2 Å². The molecule has 0 bridgehead atoms. The molecule has 1 aliphatic heterocycles. The molecule has 0 unspecified atom stereocenters. The van der Waals surface area contributed by atoms with E-state index in [1.54, 1.807) is 0 Å². The highest BCUT2D eigenvalue weighted by Crippen LogP contribution is 2.25. The van der Waals surface area contributed by atoms with E-state index < -0.39 is 12.0 Å². The zero-order valence-corrected chi connectivity index (χ0v) is 12.8. The fourth-order valence-electron chi connectivity index (χ4n) is 2.57. The molecule has 0 saturated carbocycles. The molecule has 1 atom stereocenters. The number of aryl methyl sites for hydroxylation is 1. The number of aromatic amines is 1. The second-order valence-corrected chi connectivity index (χ2v) is 5.87. The number of imidazole rings is 1. The molecule has 8 nitrogen and oxygen atoms in total. The van der Waals surface area contributed by atoms with Crippen molar-refractivity contribution >= 4 is 23.4 Å². The molecule has 0 fully saturated rings. The van der Waals surface area contributed by atoms with Crippen molar-refractivity contribution in [1.29, 1.82) is 0 Å². The van der Waals surface area contributed by atoms with Crippen molar-refractivity contribution in [3.05, 3.63) is 28.3 Å². The Bertz CT molecular complexity index is 710. The molecule has 0 saturated heterocycles. The Morgan fingerprint density at radius 1 is 1.55 bits per heavy atom. The Morgan fingerprint density at radius 2 is 2.36 bits per heavy atom. The van der Waals surface area contributed by atoms with Crippen LogP contribution in [0.5, 0.6) is 0 Å². The van der Waals surface area contributed by atoms with E-state index in [0.717, 1.165) is 23.6 Å². The average Bonchev–Trinajstić information content (AvgIpc) is 3.13. The molecule has 116 valence electrons. The number of hydrogen-bond acceptors (Lipinski definition) is 6. The zero-order chi connectivity index (χ0) is 15.7. The number of fused-ring (bicyclic) bond motifs is 1. The van der Waals surface area contributed by atoms with Gasteiger partial charge in [0.15, 0.2) is 0 Å². The van der Waals surface area contributed by atoms with Crippen molar-refractivity contribution in [2.24, 2.45) is 0 Å². The highest BCUT2D eigenvalue weighted by molar-refractivity contribution is 7.08. The number of nitrogens with one attached hydrogen (secondary N) is 1. The first kappa shape index (κ1) is 14.6. The number of carbonyl (C=O) groups is 2. The summed E-state index contributed by atoms with van der Waals surface area (Å²) in [5.74, 6) is -1.36. The molecule has 3 heterocycles. The Labute approximate surface area is 130 Å². The number of H-pyrrole nitrogens is 1. The standard InChI is InChI=1S/C13H15N5O3S/c1-2-3-7-11(22-17-16-7)12(19)18-5-9-8(14-6-15-9)4-10(18)13(20)21/h6,10H,2-5H2,1H3,(H,14,15)(H,20,21)/t10-/m0/s1. The predicted octanol–water partition coefficient (Wildman–Crippen LogP) is 0.865. The van der Waals surface area contributed by atoms with Crippen molar-refractivity contribution < 1.29 is 14.7 Å². The second-order valence-electron chi connectivity index (χ2n) is 5.12. The van der Waals surface area contributed by atoms with Gasteiger partial charge in [0.25, 0.3) is 5.91 Å². The molecule has 0 aliphatic carbocycles. The number of rotatable bonds is 4. The molecule has 3 rings (SSSR count). The Morgan fingerprint density at radius 3 is 3.09 bits per heavy atom. The van der Waals surface area contributed by atoms with Crippen LogP contribution in [0.25, 0.3) is 0 Å². The van der Waals surface area contributed by atoms with Crippen molar-refractivity contribution in [1.82, 2.24) is 24.5 Å². The van der Waals surface area contributed by atoms with E-state index in [1.165, 1.54) is 11.2 Å². The van der Waals surface area contributed by atoms with Crippen molar-refractivity contribution in [3.63, 3.8) is 0 Å². The van der Waals surface area contributed by atoms with Crippen LogP contribution < -0.4 is 0 Å². The minimum atomic E-state index is -1.03. The fraction of sp³-hybridized carbons (Fsp3) is 0.462. The highest BCUT2D eigenvalue weighted by atomic mass is 32.1. The molecule has 2 N–H and O–H groups in total. The number of carboxylic acid groups (broad SMARTS) is 1. The smallest absolute Gasteiger partial charge is 0.326 e. The number of carboxylic acids is 1. The summed E-state index contributed by atoms with van der Waals surface area (Å²) in [6, 6.07) is -0.917. The van der Waals surface area contributed by atoms with E-state index >= 15 is 0 Å². The summed E-state index contributed by atoms with van der Waals surface area (Å²) >= 11 is 1.02. The predicted molar refractivity (Wildman–Crippen MR) is 77.5 cm³/mol. The molecular weight excluding hydrogens is 306 g/mol. The van der Waals surface area contributed by atoms with Crippen LogP contribution in [-0.4, -0.2) is 47.5 Å². The van der Waals surface area contributed by atoms with Crippen LogP contribution >= 0.6 is 11.5 Å². The summed E-state index contributed by atoms with van der Waals surface area (Å²) in [7, 11) is 0. The van der Waals surface area contributed by atoms with Crippen LogP contribution in [0, 0.1) is 0 Å². The van der Waals surface area contributed by atoms with Gasteiger partial charge >= 0.3 is 5.97 Å². The first-order valence-corrected chi connectivity index (χ1v) is 7.75. The van der Waals surface area contributed by atoms with E-state index in [2.05, 4.69) is 19.6 Å². The summed E-state index contributed by atoms with van der Waals surface area (Å²) < 4.78 is 3.84. The van der Waals surface area contributed by atoms with E-state index in [0.29, 0.717) is 22.7 Å². The molecule has 0 aromatic carbocycles. The van der Waals surface area contributed by atoms with E-state index in [4.69, 9.17) is 0 Å². The van der Waals surface area contributed by atoms with Gasteiger partial charge in [0, 0.05) is 6.42 Å². The Balaban J connectivity index is 1.93. The molecular formula is C13H15N5O3S. The average molecular weight is 321 g/mol. The minimum absolute atomic E-state index is 0.203. The number of carbonyl (C=O) groups excluding carboxylic acids is 1. The SMILES string of the molecule is CCCc1nnsc1C(=O)N1Cc2[nH]cnc2C[C@H]1C(=O)O. The van der Waals surface area contributed by atoms with Gasteiger partial charge in [0.1, 0.15) is 10.9 Å². The molecule has 0 spiro atoms. The summed E-state index contributed by atoms with van der Waals surface area (Å²) in [5.41, 5.74) is 2.12. The molecule has 2 aromatic rings. The summed E-state index contributed by atoms with van der Waals surface area (Å²) in [6.07, 6.45) is 3.22.